The highest BCUT2D eigenvalue weighted by atomic mass is 16.2. The molecule has 0 aromatic heterocycles. The Bertz CT molecular complexity index is 362. The van der Waals surface area contributed by atoms with Crippen LogP contribution in [0, 0.1) is 0 Å². The number of likely N-dealkylation sites (N-methyl/N-ethyl adjacent to an activating group) is 1. The normalized spacial score (nSPS) is 20.3. The quantitative estimate of drug-likeness (QED) is 0.733. The van der Waals surface area contributed by atoms with Crippen LogP contribution in [0.3, 0.4) is 0 Å². The van der Waals surface area contributed by atoms with Crippen LogP contribution in [0.4, 0.5) is 11.4 Å². The van der Waals surface area contributed by atoms with Gasteiger partial charge in [0, 0.05) is 6.54 Å². The van der Waals surface area contributed by atoms with E-state index in [1.54, 1.807) is 0 Å². The van der Waals surface area contributed by atoms with E-state index in [9.17, 15) is 4.79 Å². The van der Waals surface area contributed by atoms with Gasteiger partial charge in [0.15, 0.2) is 0 Å². The van der Waals surface area contributed by atoms with Gasteiger partial charge in [0.1, 0.15) is 6.04 Å². The van der Waals surface area contributed by atoms with Gasteiger partial charge >= 0.3 is 0 Å². The molecule has 0 radical (unpaired) electrons. The molecule has 1 N–H and O–H groups in total. The molecule has 1 aliphatic rings. The van der Waals surface area contributed by atoms with E-state index in [0.717, 1.165) is 17.9 Å². The topological polar surface area (TPSA) is 32.3 Å². The van der Waals surface area contributed by atoms with Gasteiger partial charge in [0.2, 0.25) is 5.91 Å². The van der Waals surface area contributed by atoms with Crippen LogP contribution in [0.2, 0.25) is 0 Å². The van der Waals surface area contributed by atoms with Gasteiger partial charge in [-0.3, -0.25) is 4.79 Å². The summed E-state index contributed by atoms with van der Waals surface area (Å²) in [5, 5.41) is 3.18. The number of carbonyl (C=O) groups excluding carboxylic acids is 1. The Labute approximate surface area is 83.7 Å². The molecule has 0 fully saturated rings. The standard InChI is InChI=1S/C11H14N2O/c1-3-13-10-7-5-4-6-9(10)12-8(2)11(13)14/h4-8,12H,3H2,1-2H3. The van der Waals surface area contributed by atoms with Crippen molar-refractivity contribution in [3.05, 3.63) is 24.3 Å². The predicted octanol–water partition coefficient (Wildman–Crippen LogP) is 1.85. The highest BCUT2D eigenvalue weighted by Gasteiger charge is 2.27. The minimum absolute atomic E-state index is 0.121. The van der Waals surface area contributed by atoms with Crippen LogP contribution in [-0.2, 0) is 4.79 Å². The summed E-state index contributed by atoms with van der Waals surface area (Å²) in [5.74, 6) is 0.145. The summed E-state index contributed by atoms with van der Waals surface area (Å²) in [7, 11) is 0. The highest BCUT2D eigenvalue weighted by molar-refractivity contribution is 6.04. The van der Waals surface area contributed by atoms with Gasteiger partial charge in [0.25, 0.3) is 0 Å². The Balaban J connectivity index is 2.47. The van der Waals surface area contributed by atoms with Gasteiger partial charge in [0.05, 0.1) is 11.4 Å². The fourth-order valence-corrected chi connectivity index (χ4v) is 1.80. The SMILES string of the molecule is CCN1C(=O)C(C)Nc2ccccc21. The van der Waals surface area contributed by atoms with Crippen LogP contribution in [-0.4, -0.2) is 18.5 Å². The molecule has 2 rings (SSSR count). The van der Waals surface area contributed by atoms with E-state index in [2.05, 4.69) is 5.32 Å². The number of carbonyl (C=O) groups is 1. The molecule has 3 nitrogen and oxygen atoms in total. The summed E-state index contributed by atoms with van der Waals surface area (Å²) in [6, 6.07) is 7.77. The lowest BCUT2D eigenvalue weighted by Crippen LogP contribution is -2.45. The maximum absolute atomic E-state index is 11.8. The lowest BCUT2D eigenvalue weighted by Gasteiger charge is -2.33. The van der Waals surface area contributed by atoms with Crippen molar-refractivity contribution in [3.8, 4) is 0 Å². The minimum Gasteiger partial charge on any atom is -0.372 e. The zero-order chi connectivity index (χ0) is 10.1. The minimum atomic E-state index is -0.121. The Kier molecular flexibility index (Phi) is 2.15. The summed E-state index contributed by atoms with van der Waals surface area (Å²) < 4.78 is 0. The molecule has 1 aromatic rings. The molecule has 0 bridgehead atoms. The molecule has 1 atom stereocenters. The molecule has 74 valence electrons. The number of benzene rings is 1. The van der Waals surface area contributed by atoms with Crippen molar-refractivity contribution in [1.82, 2.24) is 0 Å². The lowest BCUT2D eigenvalue weighted by atomic mass is 10.1. The van der Waals surface area contributed by atoms with E-state index in [1.807, 2.05) is 43.0 Å². The molecule has 0 spiro atoms. The molecule has 0 saturated heterocycles. The first-order valence-electron chi connectivity index (χ1n) is 4.91. The summed E-state index contributed by atoms with van der Waals surface area (Å²) in [5.41, 5.74) is 2.03. The van der Waals surface area contributed by atoms with Crippen molar-refractivity contribution in [2.24, 2.45) is 0 Å². The van der Waals surface area contributed by atoms with Crippen molar-refractivity contribution in [3.63, 3.8) is 0 Å². The molecule has 14 heavy (non-hydrogen) atoms. The monoisotopic (exact) mass is 190 g/mol. The number of nitrogens with zero attached hydrogens (tertiary/aromatic N) is 1. The predicted molar refractivity (Wildman–Crippen MR) is 57.6 cm³/mol. The van der Waals surface area contributed by atoms with E-state index in [4.69, 9.17) is 0 Å². The number of anilines is 2. The van der Waals surface area contributed by atoms with Gasteiger partial charge in [-0.2, -0.15) is 0 Å². The van der Waals surface area contributed by atoms with Gasteiger partial charge < -0.3 is 10.2 Å². The molecule has 3 heteroatoms. The van der Waals surface area contributed by atoms with Crippen LogP contribution in [0.25, 0.3) is 0 Å². The van der Waals surface area contributed by atoms with Crippen LogP contribution in [0.5, 0.6) is 0 Å². The third-order valence-corrected chi connectivity index (χ3v) is 2.52. The zero-order valence-electron chi connectivity index (χ0n) is 8.45. The first-order valence-corrected chi connectivity index (χ1v) is 4.91. The Hall–Kier alpha value is -1.51. The third kappa shape index (κ3) is 1.25. The summed E-state index contributed by atoms with van der Waals surface area (Å²) >= 11 is 0. The number of nitrogens with one attached hydrogen (secondary N) is 1. The van der Waals surface area contributed by atoms with E-state index < -0.39 is 0 Å². The van der Waals surface area contributed by atoms with Crippen LogP contribution in [0.15, 0.2) is 24.3 Å². The lowest BCUT2D eigenvalue weighted by molar-refractivity contribution is -0.119. The van der Waals surface area contributed by atoms with E-state index in [0.29, 0.717) is 0 Å². The maximum Gasteiger partial charge on any atom is 0.249 e. The first-order chi connectivity index (χ1) is 6.74. The molecular weight excluding hydrogens is 176 g/mol. The summed E-state index contributed by atoms with van der Waals surface area (Å²) in [6.45, 7) is 4.61. The maximum atomic E-state index is 11.8. The first kappa shape index (κ1) is 9.06. The van der Waals surface area contributed by atoms with Crippen molar-refractivity contribution >= 4 is 17.3 Å². The molecule has 1 aromatic carbocycles. The van der Waals surface area contributed by atoms with E-state index >= 15 is 0 Å². The number of amides is 1. The van der Waals surface area contributed by atoms with Crippen LogP contribution < -0.4 is 10.2 Å². The molecule has 1 amide bonds. The second kappa shape index (κ2) is 3.33. The van der Waals surface area contributed by atoms with Crippen LogP contribution >= 0.6 is 0 Å². The number of hydrogen-bond acceptors (Lipinski definition) is 2. The number of hydrogen-bond donors (Lipinski definition) is 1. The summed E-state index contributed by atoms with van der Waals surface area (Å²) in [4.78, 5) is 13.6. The molecular formula is C11H14N2O. The van der Waals surface area contributed by atoms with E-state index in [1.165, 1.54) is 0 Å². The van der Waals surface area contributed by atoms with Gasteiger partial charge in [-0.25, -0.2) is 0 Å². The smallest absolute Gasteiger partial charge is 0.249 e. The molecule has 1 heterocycles. The zero-order valence-corrected chi connectivity index (χ0v) is 8.45. The highest BCUT2D eigenvalue weighted by Crippen LogP contribution is 2.30. The number of fused-ring (bicyclic) bond motifs is 1. The summed E-state index contributed by atoms with van der Waals surface area (Å²) in [6.07, 6.45) is 0. The second-order valence-electron chi connectivity index (χ2n) is 3.47. The Morgan fingerprint density at radius 1 is 1.43 bits per heavy atom. The van der Waals surface area contributed by atoms with Crippen molar-refractivity contribution in [1.29, 1.82) is 0 Å². The fourth-order valence-electron chi connectivity index (χ4n) is 1.80. The molecule has 1 unspecified atom stereocenters. The van der Waals surface area contributed by atoms with E-state index in [-0.39, 0.29) is 11.9 Å². The third-order valence-electron chi connectivity index (χ3n) is 2.52. The van der Waals surface area contributed by atoms with Gasteiger partial charge in [-0.15, -0.1) is 0 Å². The second-order valence-corrected chi connectivity index (χ2v) is 3.47. The van der Waals surface area contributed by atoms with Crippen molar-refractivity contribution in [2.45, 2.75) is 19.9 Å². The van der Waals surface area contributed by atoms with Gasteiger partial charge in [-0.1, -0.05) is 12.1 Å². The number of rotatable bonds is 1. The Morgan fingerprint density at radius 2 is 2.14 bits per heavy atom. The Morgan fingerprint density at radius 3 is 2.86 bits per heavy atom. The molecule has 1 aliphatic heterocycles. The largest absolute Gasteiger partial charge is 0.372 e. The average molecular weight is 190 g/mol. The number of para-hydroxylation sites is 2. The molecule has 0 aliphatic carbocycles. The van der Waals surface area contributed by atoms with Crippen molar-refractivity contribution < 1.29 is 4.79 Å². The van der Waals surface area contributed by atoms with Crippen molar-refractivity contribution in [2.75, 3.05) is 16.8 Å². The molecule has 0 saturated carbocycles. The average Bonchev–Trinajstić information content (AvgIpc) is 2.20. The van der Waals surface area contributed by atoms with Gasteiger partial charge in [-0.05, 0) is 26.0 Å². The fraction of sp³-hybridized carbons (Fsp3) is 0.364. The van der Waals surface area contributed by atoms with Crippen LogP contribution in [0.1, 0.15) is 13.8 Å².